The number of ether oxygens (including phenoxy) is 3. The fourth-order valence-corrected chi connectivity index (χ4v) is 4.45. The SMILES string of the molecule is COC(=O)[C@H](CCCN=C(N)N)NC(=O)[C@H](Cc1cnc(-c2ccc(OC)cc2)[nH]1)NC(=O)[C@H](CCCN=C(N)N)NC(=O)OC(C)(C)C. The first-order chi connectivity index (χ1) is 23.1. The fourth-order valence-electron chi connectivity index (χ4n) is 4.45. The van der Waals surface area contributed by atoms with Gasteiger partial charge in [-0.1, -0.05) is 0 Å². The molecule has 49 heavy (non-hydrogen) atoms. The number of nitrogens with zero attached hydrogens (tertiary/aromatic N) is 3. The van der Waals surface area contributed by atoms with Crippen molar-refractivity contribution >= 4 is 35.8 Å². The van der Waals surface area contributed by atoms with Gasteiger partial charge in [0.05, 0.1) is 14.2 Å². The van der Waals surface area contributed by atoms with Gasteiger partial charge in [-0.25, -0.2) is 14.6 Å². The number of alkyl carbamates (subject to hydrolysis) is 1. The van der Waals surface area contributed by atoms with Gasteiger partial charge in [-0.3, -0.25) is 19.6 Å². The number of nitrogens with two attached hydrogens (primary N) is 4. The fraction of sp³-hybridized carbons (Fsp3) is 0.516. The number of benzene rings is 1. The number of aliphatic imine (C=N–C) groups is 2. The Hall–Kier alpha value is -5.55. The molecule has 0 saturated carbocycles. The highest BCUT2D eigenvalue weighted by molar-refractivity contribution is 5.93. The minimum absolute atomic E-state index is 0.0597. The van der Waals surface area contributed by atoms with Gasteiger partial charge in [-0.15, -0.1) is 0 Å². The molecule has 0 fully saturated rings. The molecule has 0 spiro atoms. The standard InChI is InChI=1S/C31H49N11O7/c1-31(2,3)49-30(46)42-21(8-6-14-36-28(32)33)25(43)41-23(26(44)40-22(27(45)48-5)9-7-15-37-29(34)35)16-19-17-38-24(39-19)18-10-12-20(47-4)13-11-18/h10-13,17,21-23H,6-9,14-16H2,1-5H3,(H,38,39)(H,40,44)(H,41,43)(H,42,46)(H4,32,33,36)(H4,34,35,37)/t21-,22-,23-/m0/s1. The van der Waals surface area contributed by atoms with Crippen molar-refractivity contribution in [2.45, 2.75) is 76.6 Å². The van der Waals surface area contributed by atoms with Crippen LogP contribution in [0.15, 0.2) is 40.4 Å². The lowest BCUT2D eigenvalue weighted by Gasteiger charge is -2.26. The third kappa shape index (κ3) is 14.8. The van der Waals surface area contributed by atoms with Crippen LogP contribution < -0.4 is 43.6 Å². The molecule has 1 aromatic carbocycles. The van der Waals surface area contributed by atoms with Gasteiger partial charge in [0, 0.05) is 37.0 Å². The minimum atomic E-state index is -1.23. The molecule has 1 heterocycles. The van der Waals surface area contributed by atoms with Gasteiger partial charge in [-0.2, -0.15) is 0 Å². The van der Waals surface area contributed by atoms with Crippen LogP contribution in [0.1, 0.15) is 52.1 Å². The molecule has 0 bridgehead atoms. The number of H-pyrrole nitrogens is 1. The molecular weight excluding hydrogens is 638 g/mol. The van der Waals surface area contributed by atoms with Crippen LogP contribution in [0.4, 0.5) is 4.79 Å². The quantitative estimate of drug-likeness (QED) is 0.0436. The Labute approximate surface area is 285 Å². The summed E-state index contributed by atoms with van der Waals surface area (Å²) in [5.41, 5.74) is 22.0. The largest absolute Gasteiger partial charge is 0.497 e. The van der Waals surface area contributed by atoms with E-state index in [1.807, 2.05) is 12.1 Å². The highest BCUT2D eigenvalue weighted by atomic mass is 16.6. The van der Waals surface area contributed by atoms with E-state index in [0.29, 0.717) is 30.1 Å². The van der Waals surface area contributed by atoms with Crippen molar-refractivity contribution < 1.29 is 33.4 Å². The predicted octanol–water partition coefficient (Wildman–Crippen LogP) is -0.229. The Morgan fingerprint density at radius 1 is 0.837 bits per heavy atom. The summed E-state index contributed by atoms with van der Waals surface area (Å²) in [5, 5.41) is 7.94. The summed E-state index contributed by atoms with van der Waals surface area (Å²) < 4.78 is 15.5. The molecule has 18 heteroatoms. The van der Waals surface area contributed by atoms with Gasteiger partial charge in [0.15, 0.2) is 11.9 Å². The van der Waals surface area contributed by atoms with Gasteiger partial charge in [0.2, 0.25) is 11.8 Å². The first-order valence-corrected chi connectivity index (χ1v) is 15.6. The summed E-state index contributed by atoms with van der Waals surface area (Å²) >= 11 is 0. The molecule has 0 aliphatic heterocycles. The lowest BCUT2D eigenvalue weighted by Crippen LogP contribution is -2.56. The van der Waals surface area contributed by atoms with Crippen LogP contribution in [0.5, 0.6) is 5.75 Å². The molecule has 3 amide bonds. The third-order valence-corrected chi connectivity index (χ3v) is 6.75. The zero-order valence-corrected chi connectivity index (χ0v) is 28.6. The smallest absolute Gasteiger partial charge is 0.408 e. The Balaban J connectivity index is 2.37. The molecule has 2 aromatic rings. The Bertz CT molecular complexity index is 1440. The number of methoxy groups -OCH3 is 2. The number of guanidine groups is 2. The molecule has 3 atom stereocenters. The van der Waals surface area contributed by atoms with Gasteiger partial charge >= 0.3 is 12.1 Å². The number of imidazole rings is 1. The van der Waals surface area contributed by atoms with Crippen LogP contribution in [-0.2, 0) is 30.3 Å². The van der Waals surface area contributed by atoms with Crippen molar-refractivity contribution in [3.63, 3.8) is 0 Å². The Morgan fingerprint density at radius 3 is 1.92 bits per heavy atom. The average Bonchev–Trinajstić information content (AvgIpc) is 3.50. The zero-order chi connectivity index (χ0) is 36.6. The maximum absolute atomic E-state index is 13.8. The van der Waals surface area contributed by atoms with Crippen molar-refractivity contribution in [3.8, 4) is 17.1 Å². The molecule has 270 valence electrons. The van der Waals surface area contributed by atoms with Crippen LogP contribution in [0.3, 0.4) is 0 Å². The number of carbonyl (C=O) groups is 4. The number of carbonyl (C=O) groups excluding carboxylic acids is 4. The van der Waals surface area contributed by atoms with E-state index in [0.717, 1.165) is 5.56 Å². The van der Waals surface area contributed by atoms with E-state index in [1.54, 1.807) is 40.0 Å². The summed E-state index contributed by atoms with van der Waals surface area (Å²) in [6, 6.07) is 3.74. The second kappa shape index (κ2) is 19.3. The predicted molar refractivity (Wildman–Crippen MR) is 183 cm³/mol. The van der Waals surface area contributed by atoms with E-state index < -0.39 is 47.6 Å². The molecule has 0 aliphatic rings. The monoisotopic (exact) mass is 687 g/mol. The van der Waals surface area contributed by atoms with E-state index in [4.69, 9.17) is 37.1 Å². The summed E-state index contributed by atoms with van der Waals surface area (Å²) in [6.07, 6.45) is 1.56. The first kappa shape index (κ1) is 39.6. The third-order valence-electron chi connectivity index (χ3n) is 6.75. The average molecular weight is 688 g/mol. The number of rotatable bonds is 18. The summed E-state index contributed by atoms with van der Waals surface area (Å²) in [6.45, 7) is 5.45. The van der Waals surface area contributed by atoms with E-state index in [2.05, 4.69) is 35.9 Å². The lowest BCUT2D eigenvalue weighted by atomic mass is 10.1. The number of aromatic amines is 1. The van der Waals surface area contributed by atoms with E-state index >= 15 is 0 Å². The maximum Gasteiger partial charge on any atom is 0.408 e. The number of esters is 1. The first-order valence-electron chi connectivity index (χ1n) is 15.6. The van der Waals surface area contributed by atoms with Crippen LogP contribution in [0.2, 0.25) is 0 Å². The second-order valence-electron chi connectivity index (χ2n) is 11.9. The van der Waals surface area contributed by atoms with E-state index in [-0.39, 0.29) is 44.3 Å². The highest BCUT2D eigenvalue weighted by Gasteiger charge is 2.31. The number of aromatic nitrogens is 2. The molecule has 0 aliphatic carbocycles. The summed E-state index contributed by atoms with van der Waals surface area (Å²) in [4.78, 5) is 68.1. The Kier molecular flexibility index (Phi) is 15.6. The van der Waals surface area contributed by atoms with E-state index in [9.17, 15) is 19.2 Å². The van der Waals surface area contributed by atoms with Crippen LogP contribution in [0.25, 0.3) is 11.4 Å². The Morgan fingerprint density at radius 2 is 1.39 bits per heavy atom. The topological polar surface area (TPSA) is 290 Å². The van der Waals surface area contributed by atoms with Crippen molar-refractivity contribution in [3.05, 3.63) is 36.2 Å². The van der Waals surface area contributed by atoms with Gasteiger partial charge in [0.1, 0.15) is 35.3 Å². The van der Waals surface area contributed by atoms with Gasteiger partial charge in [0.25, 0.3) is 0 Å². The van der Waals surface area contributed by atoms with E-state index in [1.165, 1.54) is 13.3 Å². The van der Waals surface area contributed by atoms with Crippen molar-refractivity contribution in [2.24, 2.45) is 32.9 Å². The molecule has 1 aromatic heterocycles. The second-order valence-corrected chi connectivity index (χ2v) is 11.9. The van der Waals surface area contributed by atoms with Crippen LogP contribution >= 0.6 is 0 Å². The lowest BCUT2D eigenvalue weighted by molar-refractivity contribution is -0.145. The number of hydrogen-bond acceptors (Lipinski definition) is 10. The summed E-state index contributed by atoms with van der Waals surface area (Å²) in [7, 11) is 2.75. The molecule has 0 saturated heterocycles. The van der Waals surface area contributed by atoms with Crippen molar-refractivity contribution in [1.82, 2.24) is 25.9 Å². The van der Waals surface area contributed by atoms with Gasteiger partial charge < -0.3 is 58.1 Å². The van der Waals surface area contributed by atoms with Crippen LogP contribution in [0, 0.1) is 0 Å². The van der Waals surface area contributed by atoms with Crippen molar-refractivity contribution in [2.75, 3.05) is 27.3 Å². The van der Waals surface area contributed by atoms with Crippen molar-refractivity contribution in [1.29, 1.82) is 0 Å². The number of amides is 3. The van der Waals surface area contributed by atoms with Gasteiger partial charge in [-0.05, 0) is 70.7 Å². The molecule has 0 unspecified atom stereocenters. The molecular formula is C31H49N11O7. The molecule has 2 rings (SSSR count). The molecule has 12 N–H and O–H groups in total. The minimum Gasteiger partial charge on any atom is -0.497 e. The molecule has 18 nitrogen and oxygen atoms in total. The zero-order valence-electron chi connectivity index (χ0n) is 28.6. The number of hydrogen-bond donors (Lipinski definition) is 8. The highest BCUT2D eigenvalue weighted by Crippen LogP contribution is 2.20. The molecule has 0 radical (unpaired) electrons. The maximum atomic E-state index is 13.8. The summed E-state index contributed by atoms with van der Waals surface area (Å²) in [5.74, 6) is -1.13. The normalized spacial score (nSPS) is 12.8. The number of nitrogens with one attached hydrogen (secondary N) is 4. The van der Waals surface area contributed by atoms with Crippen LogP contribution in [-0.4, -0.2) is 96.8 Å².